The molecule has 20 heavy (non-hydrogen) atoms. The number of carbonyl (C=O) groups excluding carboxylic acids is 1. The van der Waals surface area contributed by atoms with Crippen LogP contribution in [0.25, 0.3) is 0 Å². The predicted octanol–water partition coefficient (Wildman–Crippen LogP) is 0.869. The molecule has 2 rings (SSSR count). The molecule has 0 unspecified atom stereocenters. The molecule has 1 aliphatic heterocycles. The molecule has 0 spiro atoms. The summed E-state index contributed by atoms with van der Waals surface area (Å²) in [5.41, 5.74) is 1.36. The number of aromatic nitrogens is 1. The SMILES string of the molecule is Cc1cccc(C(=O)NCCN2CCNCC2)n1.Cl.Cl. The van der Waals surface area contributed by atoms with E-state index in [9.17, 15) is 4.79 Å². The number of nitrogens with zero attached hydrogens (tertiary/aromatic N) is 2. The number of piperazine rings is 1. The Morgan fingerprint density at radius 3 is 2.70 bits per heavy atom. The van der Waals surface area contributed by atoms with Gasteiger partial charge in [-0.15, -0.1) is 24.8 Å². The first-order chi connectivity index (χ1) is 8.75. The molecule has 1 aromatic heterocycles. The highest BCUT2D eigenvalue weighted by atomic mass is 35.5. The van der Waals surface area contributed by atoms with Crippen LogP contribution in [-0.4, -0.2) is 55.1 Å². The molecule has 0 radical (unpaired) electrons. The van der Waals surface area contributed by atoms with Crippen molar-refractivity contribution >= 4 is 30.7 Å². The standard InChI is InChI=1S/C13H20N4O.2ClH/c1-11-3-2-4-12(16-11)13(18)15-7-10-17-8-5-14-6-9-17;;/h2-4,14H,5-10H2,1H3,(H,15,18);2*1H. The molecule has 2 heterocycles. The summed E-state index contributed by atoms with van der Waals surface area (Å²) in [6.45, 7) is 7.64. The first kappa shape index (κ1) is 19.1. The van der Waals surface area contributed by atoms with Crippen LogP contribution in [0.4, 0.5) is 0 Å². The fourth-order valence-corrected chi connectivity index (χ4v) is 2.02. The number of rotatable bonds is 4. The van der Waals surface area contributed by atoms with Crippen molar-refractivity contribution in [3.63, 3.8) is 0 Å². The lowest BCUT2D eigenvalue weighted by Gasteiger charge is -2.27. The van der Waals surface area contributed by atoms with Crippen LogP contribution in [0.5, 0.6) is 0 Å². The number of hydrogen-bond acceptors (Lipinski definition) is 4. The average molecular weight is 321 g/mol. The van der Waals surface area contributed by atoms with Crippen molar-refractivity contribution in [1.29, 1.82) is 0 Å². The Hall–Kier alpha value is -0.880. The van der Waals surface area contributed by atoms with E-state index in [1.807, 2.05) is 19.1 Å². The monoisotopic (exact) mass is 320 g/mol. The van der Waals surface area contributed by atoms with Gasteiger partial charge >= 0.3 is 0 Å². The summed E-state index contributed by atoms with van der Waals surface area (Å²) in [6, 6.07) is 5.48. The fourth-order valence-electron chi connectivity index (χ4n) is 2.02. The highest BCUT2D eigenvalue weighted by Gasteiger charge is 2.10. The molecule has 5 nitrogen and oxygen atoms in total. The molecule has 7 heteroatoms. The molecule has 1 amide bonds. The molecule has 0 saturated carbocycles. The summed E-state index contributed by atoms with van der Waals surface area (Å²) in [6.07, 6.45) is 0. The second-order valence-electron chi connectivity index (χ2n) is 4.51. The molecular weight excluding hydrogens is 299 g/mol. The maximum atomic E-state index is 11.8. The Bertz CT molecular complexity index is 411. The van der Waals surface area contributed by atoms with Crippen LogP contribution < -0.4 is 10.6 Å². The molecule has 114 valence electrons. The van der Waals surface area contributed by atoms with Gasteiger partial charge in [-0.2, -0.15) is 0 Å². The minimum absolute atomic E-state index is 0. The van der Waals surface area contributed by atoms with Crippen LogP contribution in [0.1, 0.15) is 16.2 Å². The summed E-state index contributed by atoms with van der Waals surface area (Å²) in [5, 5.41) is 6.22. The van der Waals surface area contributed by atoms with E-state index in [1.165, 1.54) is 0 Å². The van der Waals surface area contributed by atoms with Crippen LogP contribution in [0.15, 0.2) is 18.2 Å². The van der Waals surface area contributed by atoms with Gasteiger partial charge in [0.1, 0.15) is 5.69 Å². The van der Waals surface area contributed by atoms with Gasteiger partial charge in [-0.25, -0.2) is 4.98 Å². The van der Waals surface area contributed by atoms with Crippen molar-refractivity contribution in [2.45, 2.75) is 6.92 Å². The van der Waals surface area contributed by atoms with Crippen LogP contribution in [0.3, 0.4) is 0 Å². The zero-order chi connectivity index (χ0) is 12.8. The van der Waals surface area contributed by atoms with E-state index in [0.717, 1.165) is 38.4 Å². The lowest BCUT2D eigenvalue weighted by molar-refractivity contribution is 0.0942. The predicted molar refractivity (Wildman–Crippen MR) is 85.1 cm³/mol. The number of hydrogen-bond donors (Lipinski definition) is 2. The fraction of sp³-hybridized carbons (Fsp3) is 0.538. The Kier molecular flexibility index (Phi) is 9.50. The van der Waals surface area contributed by atoms with Crippen molar-refractivity contribution in [2.24, 2.45) is 0 Å². The van der Waals surface area contributed by atoms with E-state index in [2.05, 4.69) is 20.5 Å². The van der Waals surface area contributed by atoms with Gasteiger partial charge in [-0.05, 0) is 19.1 Å². The number of aryl methyl sites for hydroxylation is 1. The topological polar surface area (TPSA) is 57.3 Å². The maximum absolute atomic E-state index is 11.8. The normalized spacial score (nSPS) is 14.8. The highest BCUT2D eigenvalue weighted by molar-refractivity contribution is 5.92. The van der Waals surface area contributed by atoms with Crippen LogP contribution in [0.2, 0.25) is 0 Å². The van der Waals surface area contributed by atoms with E-state index < -0.39 is 0 Å². The van der Waals surface area contributed by atoms with E-state index in [4.69, 9.17) is 0 Å². The number of pyridine rings is 1. The average Bonchev–Trinajstić information content (AvgIpc) is 2.40. The van der Waals surface area contributed by atoms with E-state index >= 15 is 0 Å². The molecule has 0 aromatic carbocycles. The molecule has 1 aliphatic rings. The Morgan fingerprint density at radius 1 is 1.35 bits per heavy atom. The number of carbonyl (C=O) groups is 1. The largest absolute Gasteiger partial charge is 0.349 e. The van der Waals surface area contributed by atoms with Crippen LogP contribution >= 0.6 is 24.8 Å². The summed E-state index contributed by atoms with van der Waals surface area (Å²) < 4.78 is 0. The first-order valence-electron chi connectivity index (χ1n) is 6.40. The zero-order valence-electron chi connectivity index (χ0n) is 11.6. The zero-order valence-corrected chi connectivity index (χ0v) is 13.2. The Balaban J connectivity index is 0.00000180. The third kappa shape index (κ3) is 6.05. The molecular formula is C13H22Cl2N4O. The molecule has 0 aliphatic carbocycles. The van der Waals surface area contributed by atoms with Gasteiger partial charge in [0.15, 0.2) is 0 Å². The molecule has 0 atom stereocenters. The lowest BCUT2D eigenvalue weighted by atomic mass is 10.3. The van der Waals surface area contributed by atoms with Crippen LogP contribution in [0, 0.1) is 6.92 Å². The number of amides is 1. The summed E-state index contributed by atoms with van der Waals surface area (Å²) in [7, 11) is 0. The van der Waals surface area contributed by atoms with E-state index in [-0.39, 0.29) is 30.7 Å². The summed E-state index contributed by atoms with van der Waals surface area (Å²) in [4.78, 5) is 18.4. The van der Waals surface area contributed by atoms with E-state index in [1.54, 1.807) is 6.07 Å². The van der Waals surface area contributed by atoms with Crippen molar-refractivity contribution in [2.75, 3.05) is 39.3 Å². The highest BCUT2D eigenvalue weighted by Crippen LogP contribution is 1.98. The van der Waals surface area contributed by atoms with Gasteiger partial charge in [-0.1, -0.05) is 6.07 Å². The maximum Gasteiger partial charge on any atom is 0.269 e. The minimum Gasteiger partial charge on any atom is -0.349 e. The van der Waals surface area contributed by atoms with Crippen molar-refractivity contribution in [1.82, 2.24) is 20.5 Å². The molecule has 1 fully saturated rings. The van der Waals surface area contributed by atoms with Crippen molar-refractivity contribution in [3.05, 3.63) is 29.6 Å². The molecule has 1 aromatic rings. The van der Waals surface area contributed by atoms with Crippen molar-refractivity contribution < 1.29 is 4.79 Å². The molecule has 1 saturated heterocycles. The lowest BCUT2D eigenvalue weighted by Crippen LogP contribution is -2.46. The summed E-state index contributed by atoms with van der Waals surface area (Å²) in [5.74, 6) is -0.0890. The van der Waals surface area contributed by atoms with Gasteiger partial charge in [0, 0.05) is 45.0 Å². The van der Waals surface area contributed by atoms with Crippen LogP contribution in [-0.2, 0) is 0 Å². The van der Waals surface area contributed by atoms with Gasteiger partial charge in [0.25, 0.3) is 5.91 Å². The second-order valence-corrected chi connectivity index (χ2v) is 4.51. The molecule has 2 N–H and O–H groups in total. The van der Waals surface area contributed by atoms with Crippen molar-refractivity contribution in [3.8, 4) is 0 Å². The Labute approximate surface area is 132 Å². The number of halogens is 2. The van der Waals surface area contributed by atoms with Gasteiger partial charge in [-0.3, -0.25) is 9.69 Å². The smallest absolute Gasteiger partial charge is 0.269 e. The third-order valence-corrected chi connectivity index (χ3v) is 3.04. The van der Waals surface area contributed by atoms with E-state index in [0.29, 0.717) is 12.2 Å². The molecule has 0 bridgehead atoms. The Morgan fingerprint density at radius 2 is 2.05 bits per heavy atom. The second kappa shape index (κ2) is 9.94. The first-order valence-corrected chi connectivity index (χ1v) is 6.40. The van der Waals surface area contributed by atoms with Gasteiger partial charge in [0.05, 0.1) is 0 Å². The van der Waals surface area contributed by atoms with Gasteiger partial charge in [0.2, 0.25) is 0 Å². The quantitative estimate of drug-likeness (QED) is 0.864. The third-order valence-electron chi connectivity index (χ3n) is 3.04. The van der Waals surface area contributed by atoms with Gasteiger partial charge < -0.3 is 10.6 Å². The number of nitrogens with one attached hydrogen (secondary N) is 2. The minimum atomic E-state index is -0.0890. The summed E-state index contributed by atoms with van der Waals surface area (Å²) >= 11 is 0.